The highest BCUT2D eigenvalue weighted by Gasteiger charge is 2.52. The van der Waals surface area contributed by atoms with E-state index >= 15 is 0 Å². The molecule has 1 aromatic carbocycles. The summed E-state index contributed by atoms with van der Waals surface area (Å²) in [6.45, 7) is 7.92. The summed E-state index contributed by atoms with van der Waals surface area (Å²) in [5.74, 6) is 0.549. The van der Waals surface area contributed by atoms with E-state index in [2.05, 4.69) is 6.58 Å². The van der Waals surface area contributed by atoms with E-state index < -0.39 is 5.60 Å². The van der Waals surface area contributed by atoms with Gasteiger partial charge in [-0.1, -0.05) is 26.0 Å². The first kappa shape index (κ1) is 18.6. The monoisotopic (exact) mass is 360 g/mol. The highest BCUT2D eigenvalue weighted by Crippen LogP contribution is 2.47. The van der Waals surface area contributed by atoms with Crippen LogP contribution in [-0.2, 0) is 20.7 Å². The van der Waals surface area contributed by atoms with Crippen molar-refractivity contribution >= 4 is 5.78 Å². The molecule has 0 radical (unpaired) electrons. The van der Waals surface area contributed by atoms with Crippen molar-refractivity contribution in [1.29, 1.82) is 0 Å². The molecule has 1 aliphatic carbocycles. The minimum absolute atomic E-state index is 0.0336. The molecule has 1 fully saturated rings. The highest BCUT2D eigenvalue weighted by molar-refractivity contribution is 5.94. The molecule has 0 N–H and O–H groups in total. The summed E-state index contributed by atoms with van der Waals surface area (Å²) in [6.07, 6.45) is 4.34. The van der Waals surface area contributed by atoms with E-state index in [1.54, 1.807) is 24.3 Å². The molecule has 0 amide bonds. The molecule has 1 saturated heterocycles. The standard InChI is InChI=1S/C21H25FO4/c1-5-13(2)17-11-21(20(10-19(17)23)25-12-26-21)14(3)8-15-6-7-16(24-4)9-18(15)22/h5-7,9-10,13-14,17H,1,8,11-12H2,2-4H3/t13?,14?,17?,21-/m1/s1. The Bertz CT molecular complexity index is 742. The van der Waals surface area contributed by atoms with Gasteiger partial charge in [-0.3, -0.25) is 4.79 Å². The third-order valence-corrected chi connectivity index (χ3v) is 5.70. The van der Waals surface area contributed by atoms with Crippen LogP contribution in [0, 0.1) is 23.6 Å². The molecule has 1 aromatic rings. The van der Waals surface area contributed by atoms with Crippen LogP contribution in [0.1, 0.15) is 25.8 Å². The highest BCUT2D eigenvalue weighted by atomic mass is 19.1. The number of methoxy groups -OCH3 is 1. The minimum atomic E-state index is -0.706. The fraction of sp³-hybridized carbons (Fsp3) is 0.476. The van der Waals surface area contributed by atoms with Crippen LogP contribution in [0.2, 0.25) is 0 Å². The average Bonchev–Trinajstić information content (AvgIpc) is 3.05. The molecule has 26 heavy (non-hydrogen) atoms. The van der Waals surface area contributed by atoms with Crippen molar-refractivity contribution in [2.75, 3.05) is 13.9 Å². The zero-order chi connectivity index (χ0) is 18.9. The minimum Gasteiger partial charge on any atom is -0.497 e. The fourth-order valence-corrected chi connectivity index (χ4v) is 3.89. The van der Waals surface area contributed by atoms with Crippen LogP contribution in [0.15, 0.2) is 42.7 Å². The van der Waals surface area contributed by atoms with Gasteiger partial charge in [0, 0.05) is 18.1 Å². The summed E-state index contributed by atoms with van der Waals surface area (Å²) >= 11 is 0. The van der Waals surface area contributed by atoms with Crippen molar-refractivity contribution in [3.63, 3.8) is 0 Å². The van der Waals surface area contributed by atoms with Gasteiger partial charge in [0.05, 0.1) is 7.11 Å². The van der Waals surface area contributed by atoms with Gasteiger partial charge in [-0.2, -0.15) is 0 Å². The summed E-state index contributed by atoms with van der Waals surface area (Å²) in [6, 6.07) is 4.87. The van der Waals surface area contributed by atoms with Gasteiger partial charge in [0.15, 0.2) is 12.6 Å². The van der Waals surface area contributed by atoms with Gasteiger partial charge in [0.1, 0.15) is 22.9 Å². The van der Waals surface area contributed by atoms with Crippen molar-refractivity contribution in [2.24, 2.45) is 17.8 Å². The number of benzene rings is 1. The summed E-state index contributed by atoms with van der Waals surface area (Å²) < 4.78 is 31.1. The Kier molecular flexibility index (Phi) is 5.19. The van der Waals surface area contributed by atoms with Crippen LogP contribution < -0.4 is 4.74 Å². The first-order valence-corrected chi connectivity index (χ1v) is 8.89. The molecule has 4 atom stereocenters. The summed E-state index contributed by atoms with van der Waals surface area (Å²) in [4.78, 5) is 12.5. The lowest BCUT2D eigenvalue weighted by molar-refractivity contribution is -0.124. The number of rotatable bonds is 6. The lowest BCUT2D eigenvalue weighted by Crippen LogP contribution is -2.46. The van der Waals surface area contributed by atoms with E-state index in [-0.39, 0.29) is 36.1 Å². The number of halogens is 1. The maximum atomic E-state index is 14.4. The maximum absolute atomic E-state index is 14.4. The van der Waals surface area contributed by atoms with Crippen molar-refractivity contribution in [2.45, 2.75) is 32.3 Å². The number of ether oxygens (including phenoxy) is 3. The molecule has 3 unspecified atom stereocenters. The topological polar surface area (TPSA) is 44.8 Å². The molecule has 3 rings (SSSR count). The van der Waals surface area contributed by atoms with Crippen molar-refractivity contribution in [1.82, 2.24) is 0 Å². The van der Waals surface area contributed by atoms with Gasteiger partial charge < -0.3 is 14.2 Å². The molecule has 1 heterocycles. The van der Waals surface area contributed by atoms with Crippen LogP contribution in [0.4, 0.5) is 4.39 Å². The van der Waals surface area contributed by atoms with Crippen molar-refractivity contribution < 1.29 is 23.4 Å². The van der Waals surface area contributed by atoms with Gasteiger partial charge in [-0.15, -0.1) is 6.58 Å². The van der Waals surface area contributed by atoms with E-state index in [0.29, 0.717) is 29.9 Å². The van der Waals surface area contributed by atoms with Crippen LogP contribution in [0.25, 0.3) is 0 Å². The first-order valence-electron chi connectivity index (χ1n) is 8.89. The Morgan fingerprint density at radius 2 is 2.23 bits per heavy atom. The van der Waals surface area contributed by atoms with Gasteiger partial charge in [0.25, 0.3) is 0 Å². The number of hydrogen-bond acceptors (Lipinski definition) is 4. The molecule has 0 bridgehead atoms. The molecule has 5 heteroatoms. The molecular formula is C21H25FO4. The molecular weight excluding hydrogens is 335 g/mol. The van der Waals surface area contributed by atoms with Crippen LogP contribution in [0.5, 0.6) is 5.75 Å². The number of hydrogen-bond donors (Lipinski definition) is 0. The van der Waals surface area contributed by atoms with Crippen LogP contribution in [-0.4, -0.2) is 25.3 Å². The number of ketones is 1. The molecule has 0 spiro atoms. The molecule has 140 valence electrons. The SMILES string of the molecule is C=CC(C)C1C[C@]2(C(C)Cc3ccc(OC)cc3F)OCOC2=CC1=O. The molecule has 2 aliphatic rings. The largest absolute Gasteiger partial charge is 0.497 e. The van der Waals surface area contributed by atoms with Gasteiger partial charge >= 0.3 is 0 Å². The summed E-state index contributed by atoms with van der Waals surface area (Å²) in [5.41, 5.74) is -0.116. The fourth-order valence-electron chi connectivity index (χ4n) is 3.89. The second-order valence-electron chi connectivity index (χ2n) is 7.17. The third-order valence-electron chi connectivity index (χ3n) is 5.70. The average molecular weight is 360 g/mol. The number of allylic oxidation sites excluding steroid dienone is 2. The van der Waals surface area contributed by atoms with Crippen LogP contribution in [0.3, 0.4) is 0 Å². The van der Waals surface area contributed by atoms with Crippen LogP contribution >= 0.6 is 0 Å². The second kappa shape index (κ2) is 7.23. The number of fused-ring (bicyclic) bond motifs is 1. The predicted octanol–water partition coefficient (Wildman–Crippen LogP) is 4.05. The van der Waals surface area contributed by atoms with Crippen molar-refractivity contribution in [3.8, 4) is 5.75 Å². The zero-order valence-electron chi connectivity index (χ0n) is 15.5. The maximum Gasteiger partial charge on any atom is 0.189 e. The normalized spacial score (nSPS) is 27.2. The Balaban J connectivity index is 1.89. The second-order valence-corrected chi connectivity index (χ2v) is 7.17. The Morgan fingerprint density at radius 1 is 1.46 bits per heavy atom. The molecule has 0 saturated carbocycles. The van der Waals surface area contributed by atoms with Gasteiger partial charge in [-0.25, -0.2) is 4.39 Å². The Morgan fingerprint density at radius 3 is 2.88 bits per heavy atom. The molecule has 0 aromatic heterocycles. The van der Waals surface area contributed by atoms with E-state index in [4.69, 9.17) is 14.2 Å². The Hall–Kier alpha value is -2.14. The van der Waals surface area contributed by atoms with Crippen molar-refractivity contribution in [3.05, 3.63) is 54.1 Å². The third kappa shape index (κ3) is 3.16. The number of carbonyl (C=O) groups is 1. The van der Waals surface area contributed by atoms with E-state index in [0.717, 1.165) is 0 Å². The lowest BCUT2D eigenvalue weighted by Gasteiger charge is -2.39. The van der Waals surface area contributed by atoms with E-state index in [1.807, 2.05) is 13.8 Å². The quantitative estimate of drug-likeness (QED) is 0.718. The summed E-state index contributed by atoms with van der Waals surface area (Å²) in [7, 11) is 1.51. The number of carbonyl (C=O) groups excluding carboxylic acids is 1. The van der Waals surface area contributed by atoms with E-state index in [9.17, 15) is 9.18 Å². The Labute approximate surface area is 153 Å². The smallest absolute Gasteiger partial charge is 0.189 e. The molecule has 4 nitrogen and oxygen atoms in total. The molecule has 1 aliphatic heterocycles. The van der Waals surface area contributed by atoms with E-state index in [1.165, 1.54) is 13.2 Å². The predicted molar refractivity (Wildman–Crippen MR) is 96.1 cm³/mol. The van der Waals surface area contributed by atoms with Gasteiger partial charge in [0.2, 0.25) is 0 Å². The van der Waals surface area contributed by atoms with Gasteiger partial charge in [-0.05, 0) is 36.3 Å². The lowest BCUT2D eigenvalue weighted by atomic mass is 9.69. The summed E-state index contributed by atoms with van der Waals surface area (Å²) in [5, 5.41) is 0. The first-order chi connectivity index (χ1) is 12.4. The zero-order valence-corrected chi connectivity index (χ0v) is 15.5.